The van der Waals surface area contributed by atoms with Crippen molar-refractivity contribution in [3.63, 3.8) is 0 Å². The second-order valence-electron chi connectivity index (χ2n) is 12.1. The van der Waals surface area contributed by atoms with E-state index in [9.17, 15) is 9.59 Å². The Kier molecular flexibility index (Phi) is 11.2. The summed E-state index contributed by atoms with van der Waals surface area (Å²) in [5.74, 6) is 0.719. The van der Waals surface area contributed by atoms with E-state index in [1.54, 1.807) is 0 Å². The SMILES string of the molecule is C=CC(=O)OCCOc1c(C)cc(C(C)(C)c2ccc(C(C)(C)c3cc(C)c(OCCOC(=O)C=C)c(C)c3)cc2)cc1C. The number of aryl methyl sites for hydroxylation is 4. The molecule has 0 spiro atoms. The Morgan fingerprint density at radius 1 is 0.568 bits per heavy atom. The second-order valence-corrected chi connectivity index (χ2v) is 12.1. The summed E-state index contributed by atoms with van der Waals surface area (Å²) in [4.78, 5) is 22.6. The molecule has 234 valence electrons. The third-order valence-electron chi connectivity index (χ3n) is 8.17. The summed E-state index contributed by atoms with van der Waals surface area (Å²) in [6, 6.07) is 17.6. The predicted octanol–water partition coefficient (Wildman–Crippen LogP) is 7.79. The average Bonchev–Trinajstić information content (AvgIpc) is 2.98. The van der Waals surface area contributed by atoms with Crippen LogP contribution in [0.2, 0.25) is 0 Å². The van der Waals surface area contributed by atoms with Crippen LogP contribution in [0, 0.1) is 27.7 Å². The standard InChI is InChI=1S/C38H46O6/c1-11-33(39)41-17-19-43-35-25(3)21-31(22-26(35)4)37(7,8)29-13-15-30(16-14-29)38(9,10)32-23-27(5)36(28(6)24-32)44-20-18-42-34(40)12-2/h11-16,21-24H,1-2,17-20H2,3-10H3. The Bertz CT molecular complexity index is 1350. The van der Waals surface area contributed by atoms with Gasteiger partial charge in [0.05, 0.1) is 0 Å². The minimum absolute atomic E-state index is 0.172. The highest BCUT2D eigenvalue weighted by atomic mass is 16.6. The van der Waals surface area contributed by atoms with Crippen LogP contribution in [-0.2, 0) is 29.9 Å². The Labute approximate surface area is 262 Å². The van der Waals surface area contributed by atoms with Gasteiger partial charge in [0, 0.05) is 23.0 Å². The number of hydrogen-bond donors (Lipinski definition) is 0. The zero-order chi connectivity index (χ0) is 32.7. The third-order valence-corrected chi connectivity index (χ3v) is 8.17. The Balaban J connectivity index is 1.77. The van der Waals surface area contributed by atoms with Crippen molar-refractivity contribution in [1.29, 1.82) is 0 Å². The number of ether oxygens (including phenoxy) is 4. The van der Waals surface area contributed by atoms with Crippen molar-refractivity contribution in [2.75, 3.05) is 26.4 Å². The van der Waals surface area contributed by atoms with E-state index in [0.29, 0.717) is 0 Å². The van der Waals surface area contributed by atoms with Gasteiger partial charge in [0.15, 0.2) is 0 Å². The van der Waals surface area contributed by atoms with Crippen LogP contribution in [0.5, 0.6) is 11.5 Å². The molecule has 0 amide bonds. The summed E-state index contributed by atoms with van der Waals surface area (Å²) in [6.07, 6.45) is 2.29. The van der Waals surface area contributed by atoms with E-state index in [0.717, 1.165) is 45.9 Å². The van der Waals surface area contributed by atoms with Gasteiger partial charge in [-0.1, -0.05) is 89.4 Å². The molecule has 0 saturated carbocycles. The van der Waals surface area contributed by atoms with Crippen LogP contribution in [0.15, 0.2) is 73.8 Å². The van der Waals surface area contributed by atoms with Crippen LogP contribution < -0.4 is 9.47 Å². The summed E-state index contributed by atoms with van der Waals surface area (Å²) in [5.41, 5.74) is 8.52. The molecule has 6 heteroatoms. The molecule has 3 aromatic rings. The zero-order valence-electron chi connectivity index (χ0n) is 27.5. The first-order valence-corrected chi connectivity index (χ1v) is 14.9. The quantitative estimate of drug-likeness (QED) is 0.107. The molecule has 0 aliphatic carbocycles. The first-order chi connectivity index (χ1) is 20.7. The number of benzene rings is 3. The lowest BCUT2D eigenvalue weighted by atomic mass is 9.74. The van der Waals surface area contributed by atoms with Gasteiger partial charge in [-0.05, 0) is 72.2 Å². The summed E-state index contributed by atoms with van der Waals surface area (Å²) >= 11 is 0. The fraction of sp³-hybridized carbons (Fsp3) is 0.368. The van der Waals surface area contributed by atoms with Crippen LogP contribution in [0.25, 0.3) is 0 Å². The Morgan fingerprint density at radius 2 is 0.864 bits per heavy atom. The normalized spacial score (nSPS) is 11.5. The monoisotopic (exact) mass is 598 g/mol. The maximum atomic E-state index is 11.3. The van der Waals surface area contributed by atoms with E-state index in [1.165, 1.54) is 22.3 Å². The van der Waals surface area contributed by atoms with Gasteiger partial charge >= 0.3 is 11.9 Å². The molecule has 0 heterocycles. The Hall–Kier alpha value is -4.32. The van der Waals surface area contributed by atoms with Crippen molar-refractivity contribution in [2.24, 2.45) is 0 Å². The van der Waals surface area contributed by atoms with Crippen molar-refractivity contribution >= 4 is 11.9 Å². The molecule has 0 saturated heterocycles. The maximum absolute atomic E-state index is 11.3. The highest BCUT2D eigenvalue weighted by molar-refractivity contribution is 5.81. The molecule has 0 aliphatic heterocycles. The highest BCUT2D eigenvalue weighted by Crippen LogP contribution is 2.39. The summed E-state index contributed by atoms with van der Waals surface area (Å²) in [7, 11) is 0. The van der Waals surface area contributed by atoms with Crippen molar-refractivity contribution in [1.82, 2.24) is 0 Å². The first-order valence-electron chi connectivity index (χ1n) is 14.9. The molecule has 3 rings (SSSR count). The lowest BCUT2D eigenvalue weighted by molar-refractivity contribution is -0.139. The summed E-state index contributed by atoms with van der Waals surface area (Å²) in [6.45, 7) is 24.8. The van der Waals surface area contributed by atoms with Gasteiger partial charge in [0.2, 0.25) is 0 Å². The van der Waals surface area contributed by atoms with E-state index >= 15 is 0 Å². The first kappa shape index (κ1) is 34.2. The van der Waals surface area contributed by atoms with E-state index in [1.807, 2.05) is 27.7 Å². The van der Waals surface area contributed by atoms with Gasteiger partial charge in [0.25, 0.3) is 0 Å². The van der Waals surface area contributed by atoms with Gasteiger partial charge in [0.1, 0.15) is 37.9 Å². The lowest BCUT2D eigenvalue weighted by Crippen LogP contribution is -2.22. The molecule has 0 atom stereocenters. The largest absolute Gasteiger partial charge is 0.489 e. The van der Waals surface area contributed by atoms with Gasteiger partial charge < -0.3 is 18.9 Å². The van der Waals surface area contributed by atoms with E-state index < -0.39 is 11.9 Å². The molecule has 0 N–H and O–H groups in total. The topological polar surface area (TPSA) is 71.1 Å². The van der Waals surface area contributed by atoms with E-state index in [2.05, 4.69) is 89.4 Å². The number of hydrogen-bond acceptors (Lipinski definition) is 6. The molecule has 0 radical (unpaired) electrons. The number of carbonyl (C=O) groups excluding carboxylic acids is 2. The molecular formula is C38H46O6. The van der Waals surface area contributed by atoms with Gasteiger partial charge in [-0.2, -0.15) is 0 Å². The number of esters is 2. The van der Waals surface area contributed by atoms with Crippen LogP contribution in [-0.4, -0.2) is 38.4 Å². The molecule has 0 aromatic heterocycles. The van der Waals surface area contributed by atoms with E-state index in [4.69, 9.17) is 18.9 Å². The molecule has 3 aromatic carbocycles. The average molecular weight is 599 g/mol. The van der Waals surface area contributed by atoms with Gasteiger partial charge in [-0.25, -0.2) is 9.59 Å². The minimum Gasteiger partial charge on any atom is -0.489 e. The molecule has 0 unspecified atom stereocenters. The predicted molar refractivity (Wildman–Crippen MR) is 176 cm³/mol. The van der Waals surface area contributed by atoms with Crippen LogP contribution >= 0.6 is 0 Å². The zero-order valence-corrected chi connectivity index (χ0v) is 27.5. The van der Waals surface area contributed by atoms with Crippen molar-refractivity contribution in [2.45, 2.75) is 66.2 Å². The molecule has 6 nitrogen and oxygen atoms in total. The number of rotatable bonds is 14. The molecule has 0 bridgehead atoms. The maximum Gasteiger partial charge on any atom is 0.330 e. The van der Waals surface area contributed by atoms with Crippen molar-refractivity contribution in [3.8, 4) is 11.5 Å². The Morgan fingerprint density at radius 3 is 1.14 bits per heavy atom. The lowest BCUT2D eigenvalue weighted by Gasteiger charge is -2.31. The molecule has 0 aliphatic rings. The van der Waals surface area contributed by atoms with Crippen LogP contribution in [0.4, 0.5) is 0 Å². The summed E-state index contributed by atoms with van der Waals surface area (Å²) < 4.78 is 22.0. The summed E-state index contributed by atoms with van der Waals surface area (Å²) in [5, 5.41) is 0. The molecule has 44 heavy (non-hydrogen) atoms. The highest BCUT2D eigenvalue weighted by Gasteiger charge is 2.28. The van der Waals surface area contributed by atoms with Crippen LogP contribution in [0.3, 0.4) is 0 Å². The fourth-order valence-electron chi connectivity index (χ4n) is 5.40. The van der Waals surface area contributed by atoms with Gasteiger partial charge in [-0.3, -0.25) is 0 Å². The molecule has 0 fully saturated rings. The second kappa shape index (κ2) is 14.4. The fourth-order valence-corrected chi connectivity index (χ4v) is 5.40. The third kappa shape index (κ3) is 7.98. The van der Waals surface area contributed by atoms with Gasteiger partial charge in [-0.15, -0.1) is 0 Å². The molecular weight excluding hydrogens is 552 g/mol. The van der Waals surface area contributed by atoms with Crippen molar-refractivity contribution in [3.05, 3.63) is 118 Å². The smallest absolute Gasteiger partial charge is 0.330 e. The number of carbonyl (C=O) groups is 2. The van der Waals surface area contributed by atoms with Crippen LogP contribution in [0.1, 0.15) is 72.2 Å². The van der Waals surface area contributed by atoms with Crippen molar-refractivity contribution < 1.29 is 28.5 Å². The van der Waals surface area contributed by atoms with E-state index in [-0.39, 0.29) is 37.3 Å². The minimum atomic E-state index is -0.455.